The Morgan fingerprint density at radius 1 is 0.329 bits per heavy atom. The molecule has 28 nitrogen and oxygen atoms in total. The molecule has 3 aliphatic rings. The molecular weight excluding hydrogens is 1790 g/mol. The molecule has 2 aromatic carbocycles. The van der Waals surface area contributed by atoms with Gasteiger partial charge in [-0.1, -0.05) is 293 Å². The first-order valence-corrected chi connectivity index (χ1v) is 53.3. The molecule has 0 aromatic heterocycles. The molecule has 0 bridgehead atoms. The Hall–Kier alpha value is -7.18. The van der Waals surface area contributed by atoms with Gasteiger partial charge in [0, 0.05) is 33.6 Å². The summed E-state index contributed by atoms with van der Waals surface area (Å²) in [4.78, 5) is 144. The van der Waals surface area contributed by atoms with E-state index in [4.69, 9.17) is 80.5 Å². The summed E-state index contributed by atoms with van der Waals surface area (Å²) in [6.07, 6.45) is 14.9. The summed E-state index contributed by atoms with van der Waals surface area (Å²) >= 11 is 0. The Morgan fingerprint density at radius 3 is 1.05 bits per heavy atom. The third-order valence-electron chi connectivity index (χ3n) is 25.2. The van der Waals surface area contributed by atoms with Gasteiger partial charge in [0.25, 0.3) is 0 Å². The summed E-state index contributed by atoms with van der Waals surface area (Å²) in [7, 11) is 0. The number of esters is 9. The molecule has 3 heterocycles. The van der Waals surface area contributed by atoms with Crippen molar-refractivity contribution in [1.82, 2.24) is 5.32 Å². The molecule has 0 aliphatic carbocycles. The number of unbranched alkanes of at least 4 members (excludes halogenated alkanes) is 33. The van der Waals surface area contributed by atoms with Crippen LogP contribution in [0.4, 0.5) is 0 Å². The molecule has 28 heteroatoms. The second kappa shape index (κ2) is 64.0. The second-order valence-corrected chi connectivity index (χ2v) is 45.2. The normalized spacial score (nSPS) is 22.1. The molecule has 2 aromatic rings. The summed E-state index contributed by atoms with van der Waals surface area (Å²) in [5, 5.41) is 3.39. The first-order valence-electron chi connectivity index (χ1n) is 53.3. The van der Waals surface area contributed by atoms with Crippen molar-refractivity contribution in [3.63, 3.8) is 0 Å². The number of amides is 1. The molecule has 3 saturated heterocycles. The fourth-order valence-corrected chi connectivity index (χ4v) is 16.7. The average molecular weight is 1980 g/mol. The number of nitrogens with one attached hydrogen (secondary N) is 1. The predicted molar refractivity (Wildman–Crippen MR) is 536 cm³/mol. The van der Waals surface area contributed by atoms with Crippen LogP contribution in [0, 0.1) is 32.5 Å². The fourth-order valence-electron chi connectivity index (χ4n) is 16.7. The van der Waals surface area contributed by atoms with Gasteiger partial charge in [-0.15, -0.1) is 0 Å². The van der Waals surface area contributed by atoms with Crippen molar-refractivity contribution in [1.29, 1.82) is 0 Å². The van der Waals surface area contributed by atoms with Gasteiger partial charge in [-0.25, -0.2) is 0 Å². The number of rotatable bonds is 65. The lowest BCUT2D eigenvalue weighted by molar-refractivity contribution is -0.379. The van der Waals surface area contributed by atoms with E-state index in [2.05, 4.69) is 19.2 Å². The number of carbonyl (C=O) groups is 10. The molecule has 17 atom stereocenters. The van der Waals surface area contributed by atoms with E-state index in [1.165, 1.54) is 154 Å². The number of hydrogen-bond donors (Lipinski definition) is 1. The second-order valence-electron chi connectivity index (χ2n) is 45.2. The number of ether oxygens (including phenoxy) is 17. The first kappa shape index (κ1) is 123. The van der Waals surface area contributed by atoms with Gasteiger partial charge >= 0.3 is 53.7 Å². The van der Waals surface area contributed by atoms with Crippen LogP contribution in [0.25, 0.3) is 0 Å². The summed E-state index contributed by atoms with van der Waals surface area (Å²) in [6.45, 7) is 34.2. The maximum atomic E-state index is 15.4. The zero-order chi connectivity index (χ0) is 104. The SMILES string of the molecule is CCCCCCCCCCCCCCCCCCCCCCCCCC(=O)N[C@@H](CO[C@H]1O[C@H](COC(=O)C(C)(C)C)[C@@H](O[C@@H]2O[C@H](COC(=O)C(C)(C)C)[C@H](OC(=O)C(C)(C)C)[C@H](O[C@H]3O[C@H](COC(C)=O)[C@H](OC(C)=O)C[C@H]3OC(C)=O)[C@H]2OC(=O)C(C)(C)C)[C@H](OC(=O)C(C)(C)C)[C@H]1OC(=O)C(C)(C)C)[C@H](OCc1ccccc1)[C@@H](CCCCCCCCCCCCCC)OCc1ccccc1. The van der Waals surface area contributed by atoms with Gasteiger partial charge in [-0.2, -0.15) is 0 Å². The molecule has 0 spiro atoms. The Morgan fingerprint density at radius 2 is 0.657 bits per heavy atom. The van der Waals surface area contributed by atoms with E-state index in [-0.39, 0.29) is 32.0 Å². The highest BCUT2D eigenvalue weighted by Crippen LogP contribution is 2.42. The Balaban J connectivity index is 1.73. The Kier molecular flexibility index (Phi) is 56.3. The van der Waals surface area contributed by atoms with E-state index >= 15 is 19.2 Å². The van der Waals surface area contributed by atoms with Gasteiger partial charge in [0.1, 0.15) is 62.5 Å². The summed E-state index contributed by atoms with van der Waals surface area (Å²) < 4.78 is 113. The van der Waals surface area contributed by atoms with Gasteiger partial charge < -0.3 is 85.8 Å². The lowest BCUT2D eigenvalue weighted by Crippen LogP contribution is -2.68. The topological polar surface area (TPSA) is 340 Å². The first-order chi connectivity index (χ1) is 66.1. The zero-order valence-corrected chi connectivity index (χ0v) is 90.2. The molecule has 800 valence electrons. The molecule has 1 amide bonds. The molecule has 3 aliphatic heterocycles. The van der Waals surface area contributed by atoms with Crippen molar-refractivity contribution < 1.29 is 128 Å². The molecule has 140 heavy (non-hydrogen) atoms. The van der Waals surface area contributed by atoms with Gasteiger partial charge in [0.2, 0.25) is 5.91 Å². The van der Waals surface area contributed by atoms with Crippen LogP contribution in [0.15, 0.2) is 60.7 Å². The Labute approximate surface area is 840 Å². The van der Waals surface area contributed by atoms with E-state index in [0.717, 1.165) is 96.1 Å². The van der Waals surface area contributed by atoms with Crippen LogP contribution in [0.1, 0.15) is 414 Å². The van der Waals surface area contributed by atoms with Crippen LogP contribution in [-0.2, 0) is 142 Å². The van der Waals surface area contributed by atoms with Crippen molar-refractivity contribution >= 4 is 59.6 Å². The monoisotopic (exact) mass is 1980 g/mol. The van der Waals surface area contributed by atoms with Gasteiger partial charge in [0.15, 0.2) is 49.4 Å². The molecular formula is C112H185NO27. The van der Waals surface area contributed by atoms with Gasteiger partial charge in [-0.05, 0) is 149 Å². The maximum Gasteiger partial charge on any atom is 0.311 e. The van der Waals surface area contributed by atoms with E-state index in [1.807, 2.05) is 60.7 Å². The van der Waals surface area contributed by atoms with Crippen LogP contribution in [0.2, 0.25) is 0 Å². The molecule has 3 fully saturated rings. The third-order valence-corrected chi connectivity index (χ3v) is 25.2. The van der Waals surface area contributed by atoms with E-state index < -0.39 is 217 Å². The molecule has 0 radical (unpaired) electrons. The van der Waals surface area contributed by atoms with Crippen molar-refractivity contribution in [3.8, 4) is 0 Å². The number of carbonyl (C=O) groups excluding carboxylic acids is 10. The Bertz CT molecular complexity index is 3870. The standard InChI is InChI=1S/C112H185NO27/c1-24-26-28-30-32-34-36-38-39-40-41-42-43-44-45-46-47-48-50-52-54-56-64-70-90(117)113-83(91(126-73-82-67-61-58-62-68-82)84(125-72-81-65-59-57-60-66-81)69-63-55-53-51-49-37-35-33-31-29-27-25-2)74-127-99-96(139-105(122)111(18,19)20)95(138-104(121)110(15,16)17)92(88(133-99)76-128-101(118)107(6,7)8)135-100-97(140-106(123)112(21,22)23)94(93(137-103(120)109(12,13)14)89(134-100)77-129-102(119)108(9,10)11)136-98-86(131-80(5)116)71-85(130-79(4)115)87(132-98)75-124-78(3)114/h57-62,65-68,83-89,91-100H,24-56,63-64,69-77H2,1-23H3,(H,113,117)/t83-,84+,85+,86+,87+,88+,89+,91-,92+,93-,94-,95-,96+,97+,98+,99-,100-/m0/s1. The van der Waals surface area contributed by atoms with Crippen molar-refractivity contribution in [2.45, 2.75) is 521 Å². The van der Waals surface area contributed by atoms with Crippen molar-refractivity contribution in [3.05, 3.63) is 71.8 Å². The lowest BCUT2D eigenvalue weighted by Gasteiger charge is -2.51. The van der Waals surface area contributed by atoms with Gasteiger partial charge in [0.05, 0.1) is 64.5 Å². The minimum absolute atomic E-state index is 0.0618. The van der Waals surface area contributed by atoms with Gasteiger partial charge in [-0.3, -0.25) is 47.9 Å². The van der Waals surface area contributed by atoms with Crippen LogP contribution in [-0.4, -0.2) is 190 Å². The number of hydrogen-bond acceptors (Lipinski definition) is 27. The van der Waals surface area contributed by atoms with E-state index in [0.29, 0.717) is 12.8 Å². The molecule has 1 N–H and O–H groups in total. The summed E-state index contributed by atoms with van der Waals surface area (Å²) in [5.41, 5.74) is -6.10. The van der Waals surface area contributed by atoms with Crippen LogP contribution in [0.5, 0.6) is 0 Å². The highest BCUT2D eigenvalue weighted by molar-refractivity contribution is 5.79. The third kappa shape index (κ3) is 48.2. The van der Waals surface area contributed by atoms with Crippen molar-refractivity contribution in [2.24, 2.45) is 32.5 Å². The van der Waals surface area contributed by atoms with Crippen molar-refractivity contribution in [2.75, 3.05) is 26.4 Å². The smallest absolute Gasteiger partial charge is 0.311 e. The quantitative estimate of drug-likeness (QED) is 0.0365. The van der Waals surface area contributed by atoms with Crippen LogP contribution >= 0.6 is 0 Å². The zero-order valence-electron chi connectivity index (χ0n) is 90.2. The molecule has 0 saturated carbocycles. The minimum atomic E-state index is -2.16. The summed E-state index contributed by atoms with van der Waals surface area (Å²) in [5.74, 6) is -7.83. The molecule has 5 rings (SSSR count). The highest BCUT2D eigenvalue weighted by Gasteiger charge is 2.61. The highest BCUT2D eigenvalue weighted by atomic mass is 16.8. The lowest BCUT2D eigenvalue weighted by atomic mass is 9.92. The minimum Gasteiger partial charge on any atom is -0.463 e. The average Bonchev–Trinajstić information content (AvgIpc) is 0.752. The predicted octanol–water partition coefficient (Wildman–Crippen LogP) is 22.9. The maximum absolute atomic E-state index is 15.4. The van der Waals surface area contributed by atoms with E-state index in [1.54, 1.807) is 125 Å². The van der Waals surface area contributed by atoms with E-state index in [9.17, 15) is 28.8 Å². The largest absolute Gasteiger partial charge is 0.463 e. The fraction of sp³-hybridized carbons (Fsp3) is 0.804. The summed E-state index contributed by atoms with van der Waals surface area (Å²) in [6, 6.07) is 18.3. The molecule has 0 unspecified atom stereocenters. The van der Waals surface area contributed by atoms with Crippen LogP contribution < -0.4 is 5.32 Å². The number of benzene rings is 2. The van der Waals surface area contributed by atoms with Crippen LogP contribution in [0.3, 0.4) is 0 Å².